The van der Waals surface area contributed by atoms with Crippen molar-refractivity contribution in [2.75, 3.05) is 19.5 Å². The fraction of sp³-hybridized carbons (Fsp3) is 0.381. The first-order valence-electron chi connectivity index (χ1n) is 9.22. The molecule has 2 aromatic carbocycles. The van der Waals surface area contributed by atoms with E-state index in [-0.39, 0.29) is 30.1 Å². The van der Waals surface area contributed by atoms with E-state index in [4.69, 9.17) is 19.9 Å². The van der Waals surface area contributed by atoms with Crippen LogP contribution in [0.1, 0.15) is 31.2 Å². The molecule has 2 aromatic rings. The summed E-state index contributed by atoms with van der Waals surface area (Å²) in [6.07, 6.45) is 4.91. The van der Waals surface area contributed by atoms with E-state index in [1.807, 2.05) is 42.5 Å². The van der Waals surface area contributed by atoms with Crippen LogP contribution in [-0.2, 0) is 6.54 Å². The van der Waals surface area contributed by atoms with E-state index in [9.17, 15) is 0 Å². The zero-order chi connectivity index (χ0) is 19.1. The summed E-state index contributed by atoms with van der Waals surface area (Å²) in [6, 6.07) is 13.4. The molecule has 1 fully saturated rings. The number of nitrogens with one attached hydrogen (secondary N) is 1. The first kappa shape index (κ1) is 22.1. The third-order valence-electron chi connectivity index (χ3n) is 4.63. The first-order chi connectivity index (χ1) is 13.2. The molecule has 1 aliphatic carbocycles. The van der Waals surface area contributed by atoms with Crippen molar-refractivity contribution in [1.29, 1.82) is 0 Å². The molecule has 0 aromatic heterocycles. The fourth-order valence-electron chi connectivity index (χ4n) is 3.15. The second-order valence-corrected chi connectivity index (χ2v) is 6.56. The Balaban J connectivity index is 0.00000280. The van der Waals surface area contributed by atoms with Crippen molar-refractivity contribution in [2.24, 2.45) is 10.7 Å². The van der Waals surface area contributed by atoms with Crippen LogP contribution in [-0.4, -0.2) is 26.3 Å². The molecule has 1 saturated carbocycles. The average molecular weight is 497 g/mol. The number of benzene rings is 2. The summed E-state index contributed by atoms with van der Waals surface area (Å²) in [4.78, 5) is 4.46. The maximum atomic E-state index is 6.20. The Kier molecular flexibility index (Phi) is 8.69. The van der Waals surface area contributed by atoms with Crippen molar-refractivity contribution in [3.05, 3.63) is 48.0 Å². The molecule has 1 aliphatic rings. The van der Waals surface area contributed by atoms with Crippen molar-refractivity contribution in [1.82, 2.24) is 0 Å². The van der Waals surface area contributed by atoms with Crippen molar-refractivity contribution in [3.63, 3.8) is 0 Å². The van der Waals surface area contributed by atoms with E-state index in [2.05, 4.69) is 10.3 Å². The minimum atomic E-state index is 0. The Hall–Kier alpha value is -2.16. The van der Waals surface area contributed by atoms with Crippen LogP contribution in [0.25, 0.3) is 0 Å². The molecule has 3 N–H and O–H groups in total. The third kappa shape index (κ3) is 6.19. The topological polar surface area (TPSA) is 78.1 Å². The quantitative estimate of drug-likeness (QED) is 0.333. The molecule has 0 aliphatic heterocycles. The highest BCUT2D eigenvalue weighted by Crippen LogP contribution is 2.30. The second kappa shape index (κ2) is 11.0. The Labute approximate surface area is 183 Å². The molecular weight excluding hydrogens is 469 g/mol. The lowest BCUT2D eigenvalue weighted by Gasteiger charge is -2.17. The van der Waals surface area contributed by atoms with E-state index in [0.717, 1.165) is 41.3 Å². The summed E-state index contributed by atoms with van der Waals surface area (Å²) in [5.41, 5.74) is 7.86. The van der Waals surface area contributed by atoms with Gasteiger partial charge in [0.2, 0.25) is 0 Å². The number of hydrogen-bond donors (Lipinski definition) is 2. The van der Waals surface area contributed by atoms with Crippen LogP contribution < -0.4 is 25.3 Å². The molecule has 0 radical (unpaired) electrons. The van der Waals surface area contributed by atoms with Crippen molar-refractivity contribution >= 4 is 35.6 Å². The van der Waals surface area contributed by atoms with Gasteiger partial charge in [-0.15, -0.1) is 24.0 Å². The molecule has 0 bridgehead atoms. The third-order valence-corrected chi connectivity index (χ3v) is 4.63. The van der Waals surface area contributed by atoms with Gasteiger partial charge in [0.05, 0.1) is 26.9 Å². The standard InChI is InChI=1S/C21H27N3O3.HI/c1-25-18-9-5-6-16(12-18)24-21(22)23-14-15-10-11-19(26-2)13-20(15)27-17-7-3-4-8-17;/h5-6,9-13,17H,3-4,7-8,14H2,1-2H3,(H3,22,23,24);1H. The summed E-state index contributed by atoms with van der Waals surface area (Å²) < 4.78 is 16.8. The lowest BCUT2D eigenvalue weighted by atomic mass is 10.2. The zero-order valence-corrected chi connectivity index (χ0v) is 18.6. The van der Waals surface area contributed by atoms with Gasteiger partial charge in [-0.2, -0.15) is 0 Å². The molecule has 0 heterocycles. The predicted molar refractivity (Wildman–Crippen MR) is 123 cm³/mol. The molecule has 0 unspecified atom stereocenters. The normalized spacial score (nSPS) is 14.3. The predicted octanol–water partition coefficient (Wildman–Crippen LogP) is 4.57. The molecule has 0 saturated heterocycles. The van der Waals surface area contributed by atoms with Crippen molar-refractivity contribution in [3.8, 4) is 17.2 Å². The second-order valence-electron chi connectivity index (χ2n) is 6.56. The Morgan fingerprint density at radius 2 is 1.79 bits per heavy atom. The highest BCUT2D eigenvalue weighted by Gasteiger charge is 2.18. The molecule has 0 amide bonds. The van der Waals surface area contributed by atoms with Crippen LogP contribution in [0.5, 0.6) is 17.2 Å². The number of hydrogen-bond acceptors (Lipinski definition) is 4. The van der Waals surface area contributed by atoms with Gasteiger partial charge in [-0.3, -0.25) is 0 Å². The molecule has 3 rings (SSSR count). The monoisotopic (exact) mass is 497 g/mol. The van der Waals surface area contributed by atoms with E-state index < -0.39 is 0 Å². The maximum absolute atomic E-state index is 6.20. The molecule has 28 heavy (non-hydrogen) atoms. The fourth-order valence-corrected chi connectivity index (χ4v) is 3.15. The Bertz CT molecular complexity index is 792. The number of anilines is 1. The number of nitrogens with zero attached hydrogens (tertiary/aromatic N) is 1. The molecule has 0 spiro atoms. The van der Waals surface area contributed by atoms with Gasteiger partial charge >= 0.3 is 0 Å². The number of guanidine groups is 1. The number of halogens is 1. The maximum Gasteiger partial charge on any atom is 0.193 e. The SMILES string of the molecule is COc1cccc(NC(N)=NCc2ccc(OC)cc2OC2CCCC2)c1.I. The first-order valence-corrected chi connectivity index (χ1v) is 9.22. The van der Waals surface area contributed by atoms with Gasteiger partial charge in [0.25, 0.3) is 0 Å². The summed E-state index contributed by atoms with van der Waals surface area (Å²) >= 11 is 0. The van der Waals surface area contributed by atoms with Crippen LogP contribution >= 0.6 is 24.0 Å². The minimum Gasteiger partial charge on any atom is -0.497 e. The van der Waals surface area contributed by atoms with Crippen LogP contribution in [0, 0.1) is 0 Å². The molecule has 0 atom stereocenters. The van der Waals surface area contributed by atoms with E-state index >= 15 is 0 Å². The number of nitrogens with two attached hydrogens (primary N) is 1. The van der Waals surface area contributed by atoms with Gasteiger partial charge in [0.15, 0.2) is 5.96 Å². The summed E-state index contributed by atoms with van der Waals surface area (Å²) in [5.74, 6) is 2.69. The van der Waals surface area contributed by atoms with Crippen LogP contribution in [0.15, 0.2) is 47.5 Å². The number of aliphatic imine (C=N–C) groups is 1. The Morgan fingerprint density at radius 3 is 2.50 bits per heavy atom. The highest BCUT2D eigenvalue weighted by atomic mass is 127. The molecule has 6 nitrogen and oxygen atoms in total. The lowest BCUT2D eigenvalue weighted by Crippen LogP contribution is -2.22. The van der Waals surface area contributed by atoms with Gasteiger partial charge < -0.3 is 25.3 Å². The van der Waals surface area contributed by atoms with E-state index in [1.165, 1.54) is 12.8 Å². The number of ether oxygens (including phenoxy) is 3. The lowest BCUT2D eigenvalue weighted by molar-refractivity contribution is 0.207. The molecule has 152 valence electrons. The van der Waals surface area contributed by atoms with Gasteiger partial charge in [-0.05, 0) is 49.9 Å². The highest BCUT2D eigenvalue weighted by molar-refractivity contribution is 14.0. The van der Waals surface area contributed by atoms with Crippen LogP contribution in [0.2, 0.25) is 0 Å². The van der Waals surface area contributed by atoms with Gasteiger partial charge in [-0.1, -0.05) is 6.07 Å². The minimum absolute atomic E-state index is 0. The molecule has 7 heteroatoms. The smallest absolute Gasteiger partial charge is 0.193 e. The van der Waals surface area contributed by atoms with Crippen molar-refractivity contribution < 1.29 is 14.2 Å². The summed E-state index contributed by atoms with van der Waals surface area (Å²) in [7, 11) is 3.29. The van der Waals surface area contributed by atoms with Gasteiger partial charge in [0, 0.05) is 23.4 Å². The number of rotatable bonds is 7. The van der Waals surface area contributed by atoms with Crippen LogP contribution in [0.3, 0.4) is 0 Å². The number of methoxy groups -OCH3 is 2. The Morgan fingerprint density at radius 1 is 1.07 bits per heavy atom. The molecular formula is C21H28IN3O3. The summed E-state index contributed by atoms with van der Waals surface area (Å²) in [5, 5.41) is 3.08. The van der Waals surface area contributed by atoms with E-state index in [0.29, 0.717) is 12.5 Å². The summed E-state index contributed by atoms with van der Waals surface area (Å²) in [6.45, 7) is 0.425. The van der Waals surface area contributed by atoms with Gasteiger partial charge in [-0.25, -0.2) is 4.99 Å². The van der Waals surface area contributed by atoms with Gasteiger partial charge in [0.1, 0.15) is 17.2 Å². The van der Waals surface area contributed by atoms with Crippen LogP contribution in [0.4, 0.5) is 5.69 Å². The van der Waals surface area contributed by atoms with E-state index in [1.54, 1.807) is 14.2 Å². The zero-order valence-electron chi connectivity index (χ0n) is 16.3. The average Bonchev–Trinajstić information content (AvgIpc) is 3.20. The largest absolute Gasteiger partial charge is 0.497 e. The van der Waals surface area contributed by atoms with Crippen molar-refractivity contribution in [2.45, 2.75) is 38.3 Å².